The number of hydrogen-bond acceptors (Lipinski definition) is 5. The van der Waals surface area contributed by atoms with Crippen molar-refractivity contribution in [3.8, 4) is 5.75 Å². The van der Waals surface area contributed by atoms with Gasteiger partial charge in [-0.25, -0.2) is 8.42 Å². The minimum atomic E-state index is -3.92. The molecule has 0 spiro atoms. The number of carbonyl (C=O) groups is 2. The van der Waals surface area contributed by atoms with E-state index in [1.807, 2.05) is 31.2 Å². The molecule has 4 rings (SSSR count). The molecule has 0 saturated carbocycles. The molecule has 2 aliphatic rings. The van der Waals surface area contributed by atoms with Crippen LogP contribution in [-0.2, 0) is 26.2 Å². The molecule has 1 fully saturated rings. The van der Waals surface area contributed by atoms with Crippen LogP contribution in [-0.4, -0.2) is 43.7 Å². The molecule has 2 aliphatic heterocycles. The molecule has 9 heteroatoms. The molecule has 1 atom stereocenters. The van der Waals surface area contributed by atoms with Crippen LogP contribution < -0.4 is 15.4 Å². The summed E-state index contributed by atoms with van der Waals surface area (Å²) in [5.74, 6) is -0.281. The van der Waals surface area contributed by atoms with Gasteiger partial charge in [0.05, 0.1) is 10.6 Å². The third-order valence-corrected chi connectivity index (χ3v) is 7.64. The number of carbonyl (C=O) groups excluding carboxylic acids is 2. The van der Waals surface area contributed by atoms with Gasteiger partial charge in [-0.3, -0.25) is 9.59 Å². The van der Waals surface area contributed by atoms with E-state index in [4.69, 9.17) is 4.74 Å². The van der Waals surface area contributed by atoms with E-state index in [2.05, 4.69) is 10.6 Å². The fourth-order valence-corrected chi connectivity index (χ4v) is 5.80. The molecule has 0 radical (unpaired) electrons. The Labute approximate surface area is 181 Å². The average molecular weight is 444 g/mol. The molecule has 8 nitrogen and oxygen atoms in total. The standard InChI is InChI=1S/C22H25N3O5S/c1-14-5-7-16(8-6-14)12-23-22(27)18-4-3-9-25(18)31(28,29)20-11-19-17(10-15(20)2)24-21(26)13-30-19/h5-8,10-11,18H,3-4,9,12-13H2,1-2H3,(H,23,27)(H,24,26). The minimum Gasteiger partial charge on any atom is -0.482 e. The van der Waals surface area contributed by atoms with Crippen LogP contribution in [0.1, 0.15) is 29.5 Å². The highest BCUT2D eigenvalue weighted by Gasteiger charge is 2.40. The fraction of sp³-hybridized carbons (Fsp3) is 0.364. The van der Waals surface area contributed by atoms with Crippen LogP contribution in [0.2, 0.25) is 0 Å². The number of ether oxygens (including phenoxy) is 1. The molecule has 2 aromatic carbocycles. The lowest BCUT2D eigenvalue weighted by Gasteiger charge is -2.26. The lowest BCUT2D eigenvalue weighted by molar-refractivity contribution is -0.124. The topological polar surface area (TPSA) is 105 Å². The maximum Gasteiger partial charge on any atom is 0.262 e. The number of nitrogens with zero attached hydrogens (tertiary/aromatic N) is 1. The van der Waals surface area contributed by atoms with Crippen LogP contribution in [0.15, 0.2) is 41.3 Å². The second-order valence-corrected chi connectivity index (χ2v) is 9.79. The first kappa shape index (κ1) is 21.3. The zero-order chi connectivity index (χ0) is 22.2. The third-order valence-electron chi connectivity index (χ3n) is 5.59. The Hall–Kier alpha value is -2.91. The number of amides is 2. The Kier molecular flexibility index (Phi) is 5.72. The Bertz CT molecular complexity index is 1130. The summed E-state index contributed by atoms with van der Waals surface area (Å²) in [5.41, 5.74) is 3.01. The average Bonchev–Trinajstić information content (AvgIpc) is 3.23. The molecule has 0 aromatic heterocycles. The molecule has 31 heavy (non-hydrogen) atoms. The smallest absolute Gasteiger partial charge is 0.262 e. The number of hydrogen-bond donors (Lipinski definition) is 2. The monoisotopic (exact) mass is 443 g/mol. The van der Waals surface area contributed by atoms with Gasteiger partial charge in [-0.15, -0.1) is 0 Å². The summed E-state index contributed by atoms with van der Waals surface area (Å²) < 4.78 is 33.5. The normalized spacial score (nSPS) is 18.8. The molecule has 1 unspecified atom stereocenters. The van der Waals surface area contributed by atoms with Crippen molar-refractivity contribution < 1.29 is 22.7 Å². The van der Waals surface area contributed by atoms with Crippen molar-refractivity contribution in [3.63, 3.8) is 0 Å². The van der Waals surface area contributed by atoms with Crippen molar-refractivity contribution in [3.05, 3.63) is 53.1 Å². The first-order chi connectivity index (χ1) is 14.8. The molecule has 1 saturated heterocycles. The molecule has 164 valence electrons. The molecule has 2 heterocycles. The zero-order valence-corrected chi connectivity index (χ0v) is 18.3. The van der Waals surface area contributed by atoms with Crippen LogP contribution in [0, 0.1) is 13.8 Å². The molecular formula is C22H25N3O5S. The number of aryl methyl sites for hydroxylation is 2. The highest BCUT2D eigenvalue weighted by atomic mass is 32.2. The molecule has 0 bridgehead atoms. The first-order valence-corrected chi connectivity index (χ1v) is 11.6. The van der Waals surface area contributed by atoms with E-state index in [1.165, 1.54) is 10.4 Å². The second-order valence-electron chi connectivity index (χ2n) is 7.93. The van der Waals surface area contributed by atoms with E-state index in [1.54, 1.807) is 13.0 Å². The van der Waals surface area contributed by atoms with Gasteiger partial charge in [-0.2, -0.15) is 4.31 Å². The maximum atomic E-state index is 13.4. The van der Waals surface area contributed by atoms with Crippen molar-refractivity contribution in [1.29, 1.82) is 0 Å². The van der Waals surface area contributed by atoms with Crippen LogP contribution in [0.4, 0.5) is 5.69 Å². The largest absolute Gasteiger partial charge is 0.482 e. The quantitative estimate of drug-likeness (QED) is 0.736. The highest BCUT2D eigenvalue weighted by Crippen LogP contribution is 2.36. The van der Waals surface area contributed by atoms with Gasteiger partial charge in [-0.1, -0.05) is 29.8 Å². The minimum absolute atomic E-state index is 0.0839. The van der Waals surface area contributed by atoms with Gasteiger partial charge in [0.2, 0.25) is 15.9 Å². The van der Waals surface area contributed by atoms with E-state index in [9.17, 15) is 18.0 Å². The van der Waals surface area contributed by atoms with Crippen molar-refractivity contribution >= 4 is 27.5 Å². The molecule has 2 aromatic rings. The van der Waals surface area contributed by atoms with Gasteiger partial charge in [0.15, 0.2) is 6.61 Å². The van der Waals surface area contributed by atoms with Gasteiger partial charge in [0.25, 0.3) is 5.91 Å². The molecule has 2 amide bonds. The highest BCUT2D eigenvalue weighted by molar-refractivity contribution is 7.89. The van der Waals surface area contributed by atoms with Gasteiger partial charge in [0.1, 0.15) is 11.8 Å². The Morgan fingerprint density at radius 1 is 1.23 bits per heavy atom. The van der Waals surface area contributed by atoms with Gasteiger partial charge in [-0.05, 0) is 43.9 Å². The Morgan fingerprint density at radius 2 is 1.97 bits per heavy atom. The van der Waals surface area contributed by atoms with Crippen molar-refractivity contribution in [1.82, 2.24) is 9.62 Å². The summed E-state index contributed by atoms with van der Waals surface area (Å²) >= 11 is 0. The molecule has 0 aliphatic carbocycles. The molecular weight excluding hydrogens is 418 g/mol. The van der Waals surface area contributed by atoms with Crippen molar-refractivity contribution in [2.45, 2.75) is 44.2 Å². The third kappa shape index (κ3) is 4.28. The SMILES string of the molecule is Cc1ccc(CNC(=O)C2CCCN2S(=O)(=O)c2cc3c(cc2C)NC(=O)CO3)cc1. The lowest BCUT2D eigenvalue weighted by Crippen LogP contribution is -2.45. The van der Waals surface area contributed by atoms with Crippen LogP contribution in [0.3, 0.4) is 0 Å². The summed E-state index contributed by atoms with van der Waals surface area (Å²) in [6.45, 7) is 4.11. The van der Waals surface area contributed by atoms with Crippen LogP contribution in [0.5, 0.6) is 5.75 Å². The van der Waals surface area contributed by atoms with Gasteiger partial charge in [0, 0.05) is 19.2 Å². The second kappa shape index (κ2) is 8.32. The summed E-state index contributed by atoms with van der Waals surface area (Å²) in [4.78, 5) is 24.4. The number of anilines is 1. The number of benzene rings is 2. The van der Waals surface area contributed by atoms with E-state index in [0.29, 0.717) is 36.4 Å². The first-order valence-electron chi connectivity index (χ1n) is 10.2. The summed E-state index contributed by atoms with van der Waals surface area (Å²) in [6, 6.07) is 10.1. The van der Waals surface area contributed by atoms with Crippen LogP contribution in [0.25, 0.3) is 0 Å². The summed E-state index contributed by atoms with van der Waals surface area (Å²) in [5, 5.41) is 5.54. The van der Waals surface area contributed by atoms with E-state index >= 15 is 0 Å². The fourth-order valence-electron chi connectivity index (χ4n) is 3.92. The van der Waals surface area contributed by atoms with E-state index in [0.717, 1.165) is 11.1 Å². The number of fused-ring (bicyclic) bond motifs is 1. The zero-order valence-electron chi connectivity index (χ0n) is 17.5. The Morgan fingerprint density at radius 3 is 2.71 bits per heavy atom. The Balaban J connectivity index is 1.54. The summed E-state index contributed by atoms with van der Waals surface area (Å²) in [6.07, 6.45) is 1.08. The van der Waals surface area contributed by atoms with E-state index in [-0.39, 0.29) is 29.9 Å². The van der Waals surface area contributed by atoms with Crippen molar-refractivity contribution in [2.24, 2.45) is 0 Å². The summed E-state index contributed by atoms with van der Waals surface area (Å²) in [7, 11) is -3.92. The molecule has 2 N–H and O–H groups in total. The predicted molar refractivity (Wildman–Crippen MR) is 115 cm³/mol. The van der Waals surface area contributed by atoms with Gasteiger partial charge < -0.3 is 15.4 Å². The number of sulfonamides is 1. The van der Waals surface area contributed by atoms with E-state index < -0.39 is 16.1 Å². The van der Waals surface area contributed by atoms with Gasteiger partial charge >= 0.3 is 0 Å². The van der Waals surface area contributed by atoms with Crippen LogP contribution >= 0.6 is 0 Å². The van der Waals surface area contributed by atoms with Crippen molar-refractivity contribution in [2.75, 3.05) is 18.5 Å². The maximum absolute atomic E-state index is 13.4. The number of nitrogens with one attached hydrogen (secondary N) is 2. The number of rotatable bonds is 5. The lowest BCUT2D eigenvalue weighted by atomic mass is 10.1. The predicted octanol–water partition coefficient (Wildman–Crippen LogP) is 2.10.